The van der Waals surface area contributed by atoms with Crippen LogP contribution in [0.4, 0.5) is 10.9 Å². The lowest BCUT2D eigenvalue weighted by molar-refractivity contribution is 0.102. The molecule has 0 aliphatic carbocycles. The van der Waals surface area contributed by atoms with Crippen molar-refractivity contribution in [1.29, 1.82) is 0 Å². The molecule has 4 N–H and O–H groups in total. The van der Waals surface area contributed by atoms with E-state index in [0.717, 1.165) is 0 Å². The molecule has 2 aromatic heterocycles. The van der Waals surface area contributed by atoms with Crippen LogP contribution in [0.25, 0.3) is 0 Å². The fourth-order valence-electron chi connectivity index (χ4n) is 0.986. The Hall–Kier alpha value is -2.22. The average Bonchev–Trinajstić information content (AvgIpc) is 2.68. The fourth-order valence-corrected chi connectivity index (χ4v) is 1.53. The van der Waals surface area contributed by atoms with Crippen LogP contribution in [0.5, 0.6) is 0 Å². The van der Waals surface area contributed by atoms with Gasteiger partial charge in [-0.2, -0.15) is 5.10 Å². The predicted octanol–water partition coefficient (Wildman–Crippen LogP) is 0.0609. The summed E-state index contributed by atoms with van der Waals surface area (Å²) >= 11 is 1.17. The van der Waals surface area contributed by atoms with Crippen molar-refractivity contribution >= 4 is 28.2 Å². The van der Waals surface area contributed by atoms with Crippen LogP contribution in [0.3, 0.4) is 0 Å². The summed E-state index contributed by atoms with van der Waals surface area (Å²) in [5, 5.41) is 10.1. The minimum Gasteiger partial charge on any atom is -0.375 e. The van der Waals surface area contributed by atoms with E-state index in [-0.39, 0.29) is 17.1 Å². The van der Waals surface area contributed by atoms with E-state index in [1.165, 1.54) is 28.8 Å². The monoisotopic (exact) mass is 237 g/mol. The highest BCUT2D eigenvalue weighted by Gasteiger charge is 2.10. The lowest BCUT2D eigenvalue weighted by Gasteiger charge is -1.99. The van der Waals surface area contributed by atoms with Crippen LogP contribution in [0, 0.1) is 0 Å². The van der Waals surface area contributed by atoms with E-state index in [1.54, 1.807) is 0 Å². The van der Waals surface area contributed by atoms with Gasteiger partial charge in [-0.15, -0.1) is 11.3 Å². The van der Waals surface area contributed by atoms with Gasteiger partial charge in [-0.1, -0.05) is 0 Å². The van der Waals surface area contributed by atoms with E-state index in [9.17, 15) is 9.59 Å². The molecule has 0 spiro atoms. The van der Waals surface area contributed by atoms with E-state index in [2.05, 4.69) is 20.5 Å². The highest BCUT2D eigenvalue weighted by Crippen LogP contribution is 2.12. The van der Waals surface area contributed by atoms with Crippen LogP contribution in [0.1, 0.15) is 10.5 Å². The van der Waals surface area contributed by atoms with Gasteiger partial charge in [0.1, 0.15) is 5.69 Å². The number of rotatable bonds is 2. The zero-order valence-corrected chi connectivity index (χ0v) is 8.75. The number of nitrogens with zero attached hydrogens (tertiary/aromatic N) is 2. The van der Waals surface area contributed by atoms with Crippen LogP contribution < -0.4 is 16.6 Å². The van der Waals surface area contributed by atoms with Crippen molar-refractivity contribution in [3.8, 4) is 0 Å². The van der Waals surface area contributed by atoms with Gasteiger partial charge in [-0.25, -0.2) is 10.1 Å². The van der Waals surface area contributed by atoms with Crippen LogP contribution >= 0.6 is 11.3 Å². The average molecular weight is 237 g/mol. The SMILES string of the molecule is Nc1nc(C(=O)Nc2ccc(=O)[nH]n2)cs1. The first kappa shape index (κ1) is 10.3. The predicted molar refractivity (Wildman–Crippen MR) is 59.3 cm³/mol. The molecule has 0 saturated carbocycles. The number of H-pyrrole nitrogens is 1. The second-order valence-corrected chi connectivity index (χ2v) is 3.72. The standard InChI is InChI=1S/C8H7N5O2S/c9-8-10-4(3-16-8)7(15)11-5-1-2-6(14)13-12-5/h1-3H,(H2,9,10)(H,13,14)(H,11,12,15). The maximum absolute atomic E-state index is 11.6. The second kappa shape index (κ2) is 4.11. The Bertz CT molecular complexity index is 555. The third-order valence-electron chi connectivity index (χ3n) is 1.68. The van der Waals surface area contributed by atoms with Crippen molar-refractivity contribution in [3.05, 3.63) is 33.6 Å². The summed E-state index contributed by atoms with van der Waals surface area (Å²) in [6, 6.07) is 2.66. The minimum atomic E-state index is -0.424. The van der Waals surface area contributed by atoms with Gasteiger partial charge in [-0.3, -0.25) is 9.59 Å². The number of anilines is 2. The first-order valence-corrected chi connectivity index (χ1v) is 5.11. The summed E-state index contributed by atoms with van der Waals surface area (Å²) in [5.74, 6) is -0.177. The summed E-state index contributed by atoms with van der Waals surface area (Å²) in [6.45, 7) is 0. The molecule has 2 rings (SSSR count). The highest BCUT2D eigenvalue weighted by atomic mass is 32.1. The molecule has 0 unspecified atom stereocenters. The van der Waals surface area contributed by atoms with Gasteiger partial charge in [0.05, 0.1) is 0 Å². The van der Waals surface area contributed by atoms with Gasteiger partial charge in [0.25, 0.3) is 11.5 Å². The first-order valence-electron chi connectivity index (χ1n) is 4.23. The normalized spacial score (nSPS) is 10.0. The number of aromatic amines is 1. The number of nitrogens with two attached hydrogens (primary N) is 1. The Balaban J connectivity index is 2.13. The number of nitrogens with one attached hydrogen (secondary N) is 2. The zero-order valence-electron chi connectivity index (χ0n) is 7.93. The fraction of sp³-hybridized carbons (Fsp3) is 0. The molecule has 2 heterocycles. The molecular formula is C8H7N5O2S. The first-order chi connectivity index (χ1) is 7.65. The van der Waals surface area contributed by atoms with Gasteiger partial charge >= 0.3 is 0 Å². The molecule has 0 bridgehead atoms. The molecule has 0 atom stereocenters. The Morgan fingerprint density at radius 1 is 1.50 bits per heavy atom. The molecule has 1 amide bonds. The van der Waals surface area contributed by atoms with Gasteiger partial charge in [0.2, 0.25) is 0 Å². The molecule has 0 aliphatic rings. The number of carbonyl (C=O) groups is 1. The van der Waals surface area contributed by atoms with Gasteiger partial charge in [0, 0.05) is 11.4 Å². The number of thiazole rings is 1. The van der Waals surface area contributed by atoms with Crippen molar-refractivity contribution in [2.45, 2.75) is 0 Å². The summed E-state index contributed by atoms with van der Waals surface area (Å²) < 4.78 is 0. The molecule has 0 aromatic carbocycles. The second-order valence-electron chi connectivity index (χ2n) is 2.83. The number of carbonyl (C=O) groups excluding carboxylic acids is 1. The number of nitrogen functional groups attached to an aromatic ring is 1. The van der Waals surface area contributed by atoms with Crippen LogP contribution in [0.2, 0.25) is 0 Å². The maximum Gasteiger partial charge on any atom is 0.276 e. The molecule has 82 valence electrons. The lowest BCUT2D eigenvalue weighted by atomic mass is 10.4. The number of amides is 1. The summed E-state index contributed by atoms with van der Waals surface area (Å²) in [7, 11) is 0. The van der Waals surface area contributed by atoms with Crippen molar-refractivity contribution in [3.63, 3.8) is 0 Å². The number of hydrogen-bond acceptors (Lipinski definition) is 6. The van der Waals surface area contributed by atoms with Gasteiger partial charge < -0.3 is 11.1 Å². The van der Waals surface area contributed by atoms with Crippen LogP contribution in [-0.4, -0.2) is 21.1 Å². The van der Waals surface area contributed by atoms with E-state index in [0.29, 0.717) is 5.13 Å². The summed E-state index contributed by atoms with van der Waals surface area (Å²) in [5.41, 5.74) is 5.27. The number of aromatic nitrogens is 3. The Morgan fingerprint density at radius 2 is 2.31 bits per heavy atom. The van der Waals surface area contributed by atoms with Gasteiger partial charge in [0.15, 0.2) is 10.9 Å². The third-order valence-corrected chi connectivity index (χ3v) is 2.35. The van der Waals surface area contributed by atoms with E-state index in [1.807, 2.05) is 0 Å². The third kappa shape index (κ3) is 2.23. The smallest absolute Gasteiger partial charge is 0.276 e. The Kier molecular flexibility index (Phi) is 2.64. The Morgan fingerprint density at radius 3 is 2.88 bits per heavy atom. The van der Waals surface area contributed by atoms with Crippen molar-refractivity contribution < 1.29 is 4.79 Å². The Labute approximate surface area is 93.3 Å². The van der Waals surface area contributed by atoms with Crippen molar-refractivity contribution in [2.24, 2.45) is 0 Å². The maximum atomic E-state index is 11.6. The van der Waals surface area contributed by atoms with E-state index < -0.39 is 5.91 Å². The quantitative estimate of drug-likeness (QED) is 0.683. The highest BCUT2D eigenvalue weighted by molar-refractivity contribution is 7.13. The van der Waals surface area contributed by atoms with Gasteiger partial charge in [-0.05, 0) is 6.07 Å². The van der Waals surface area contributed by atoms with Crippen LogP contribution in [0.15, 0.2) is 22.3 Å². The summed E-state index contributed by atoms with van der Waals surface area (Å²) in [6.07, 6.45) is 0. The van der Waals surface area contributed by atoms with Crippen molar-refractivity contribution in [1.82, 2.24) is 15.2 Å². The topological polar surface area (TPSA) is 114 Å². The lowest BCUT2D eigenvalue weighted by Crippen LogP contribution is -2.16. The molecule has 0 aliphatic heterocycles. The zero-order chi connectivity index (χ0) is 11.5. The summed E-state index contributed by atoms with van der Waals surface area (Å²) in [4.78, 5) is 26.1. The molecule has 7 nitrogen and oxygen atoms in total. The molecule has 8 heteroatoms. The molecule has 0 saturated heterocycles. The van der Waals surface area contributed by atoms with Crippen LogP contribution in [-0.2, 0) is 0 Å². The molecule has 2 aromatic rings. The molecular weight excluding hydrogens is 230 g/mol. The largest absolute Gasteiger partial charge is 0.375 e. The van der Waals surface area contributed by atoms with Crippen molar-refractivity contribution in [2.75, 3.05) is 11.1 Å². The minimum absolute atomic E-state index is 0.218. The molecule has 0 radical (unpaired) electrons. The van der Waals surface area contributed by atoms with E-state index in [4.69, 9.17) is 5.73 Å². The van der Waals surface area contributed by atoms with E-state index >= 15 is 0 Å². The molecule has 16 heavy (non-hydrogen) atoms. The molecule has 0 fully saturated rings. The number of hydrogen-bond donors (Lipinski definition) is 3.